The lowest BCUT2D eigenvalue weighted by Crippen LogP contribution is -2.70. The Morgan fingerprint density at radius 1 is 0.284 bits per heavy atom. The van der Waals surface area contributed by atoms with Crippen molar-refractivity contribution in [2.24, 2.45) is 0 Å². The maximum Gasteiger partial charge on any atom is 0.384 e. The van der Waals surface area contributed by atoms with Gasteiger partial charge in [0, 0.05) is 5.56 Å². The normalized spacial score (nSPS) is 16.2. The summed E-state index contributed by atoms with van der Waals surface area (Å²) in [7, 11) is 0. The maximum atomic E-state index is 14.7. The molecule has 0 aliphatic heterocycles. The second-order valence-electron chi connectivity index (χ2n) is 12.8. The highest BCUT2D eigenvalue weighted by molar-refractivity contribution is 5.20. The van der Waals surface area contributed by atoms with Crippen LogP contribution in [0.15, 0.2) is 30.3 Å². The predicted octanol–water partition coefficient (Wildman–Crippen LogP) is 13.2. The van der Waals surface area contributed by atoms with Crippen molar-refractivity contribution < 1.29 is 172 Å². The fraction of sp³-hybridized carbons (Fsp3) is 0.786. The minimum absolute atomic E-state index is 0.0181. The average Bonchev–Trinajstić information content (AvgIpc) is 3.16. The van der Waals surface area contributed by atoms with Crippen LogP contribution in [-0.2, 0) is 20.2 Å². The molecular formula is C28H14F36O3. The Bertz CT molecular complexity index is 1630. The van der Waals surface area contributed by atoms with Crippen molar-refractivity contribution in [1.82, 2.24) is 0 Å². The van der Waals surface area contributed by atoms with Crippen molar-refractivity contribution in [3.63, 3.8) is 0 Å². The molecule has 0 saturated carbocycles. The molecule has 3 nitrogen and oxygen atoms in total. The molecule has 1 rings (SSSR count). The fourth-order valence-corrected chi connectivity index (χ4v) is 4.17. The lowest BCUT2D eigenvalue weighted by Gasteiger charge is -2.42. The zero-order valence-electron chi connectivity index (χ0n) is 30.1. The summed E-state index contributed by atoms with van der Waals surface area (Å²) in [6, 6.07) is -0.684. The first-order valence-electron chi connectivity index (χ1n) is 15.5. The van der Waals surface area contributed by atoms with Gasteiger partial charge in [-0.05, 0) is 0 Å². The van der Waals surface area contributed by atoms with Gasteiger partial charge in [0.15, 0.2) is 0 Å². The summed E-state index contributed by atoms with van der Waals surface area (Å²) in [4.78, 5) is 0. The molecule has 0 aliphatic rings. The zero-order chi connectivity index (χ0) is 54.1. The monoisotopic (exact) mass is 1080 g/mol. The lowest BCUT2D eigenvalue weighted by molar-refractivity contribution is -0.464. The van der Waals surface area contributed by atoms with Crippen LogP contribution >= 0.6 is 0 Å². The molecule has 0 heterocycles. The van der Waals surface area contributed by atoms with E-state index in [4.69, 9.17) is 0 Å². The second-order valence-corrected chi connectivity index (χ2v) is 12.8. The Morgan fingerprint density at radius 3 is 0.657 bits per heavy atom. The summed E-state index contributed by atoms with van der Waals surface area (Å²) in [5.41, 5.74) is -2.50. The number of benzene rings is 1. The van der Waals surface area contributed by atoms with Gasteiger partial charge < -0.3 is 14.2 Å². The number of ether oxygens (including phenoxy) is 3. The third-order valence-electron chi connectivity index (χ3n) is 8.28. The van der Waals surface area contributed by atoms with Crippen LogP contribution in [0.4, 0.5) is 158 Å². The Balaban J connectivity index is 4.31. The van der Waals surface area contributed by atoms with Crippen LogP contribution in [0.5, 0.6) is 0 Å². The maximum absolute atomic E-state index is 14.7. The van der Waals surface area contributed by atoms with Gasteiger partial charge in [0.2, 0.25) is 0 Å². The van der Waals surface area contributed by atoms with E-state index in [1.165, 1.54) is 0 Å². The SMILES string of the molecule is FC(F)C(F)(F)C(F)(F)C(F)(F)C(F)(F)C(F)(F)COC(OCC(F)(F)C(F)(F)C(F)(F)C(F)(F)C(F)(F)C(F)F)(OCC(F)(F)C(F)(F)C(F)(F)C(F)(F)C(F)(F)C(F)F)c1ccccc1. The van der Waals surface area contributed by atoms with E-state index in [0.29, 0.717) is 6.07 Å². The van der Waals surface area contributed by atoms with E-state index in [1.54, 1.807) is 0 Å². The lowest BCUT2D eigenvalue weighted by atomic mass is 9.94. The summed E-state index contributed by atoms with van der Waals surface area (Å²) >= 11 is 0. The molecule has 1 aromatic rings. The second kappa shape index (κ2) is 17.8. The minimum atomic E-state index is -8.72. The van der Waals surface area contributed by atoms with Crippen molar-refractivity contribution in [3.05, 3.63) is 35.9 Å². The van der Waals surface area contributed by atoms with Gasteiger partial charge in [-0.2, -0.15) is 132 Å². The first-order valence-corrected chi connectivity index (χ1v) is 15.5. The predicted molar refractivity (Wildman–Crippen MR) is 138 cm³/mol. The Labute approximate surface area is 343 Å². The van der Waals surface area contributed by atoms with Gasteiger partial charge in [-0.3, -0.25) is 0 Å². The average molecular weight is 1080 g/mol. The van der Waals surface area contributed by atoms with Crippen LogP contribution in [0.2, 0.25) is 0 Å². The smallest absolute Gasteiger partial charge is 0.317 e. The van der Waals surface area contributed by atoms with Crippen LogP contribution < -0.4 is 0 Å². The highest BCUT2D eigenvalue weighted by Gasteiger charge is 2.91. The minimum Gasteiger partial charge on any atom is -0.317 e. The molecule has 0 N–H and O–H groups in total. The largest absolute Gasteiger partial charge is 0.384 e. The summed E-state index contributed by atoms with van der Waals surface area (Å²) in [6.07, 6.45) is -18.7. The molecule has 0 amide bonds. The molecule has 1 aromatic carbocycles. The third kappa shape index (κ3) is 9.25. The Hall–Kier alpha value is -3.42. The summed E-state index contributed by atoms with van der Waals surface area (Å²) in [6.45, 7) is -14.0. The van der Waals surface area contributed by atoms with Crippen LogP contribution in [0.25, 0.3) is 0 Å². The van der Waals surface area contributed by atoms with Gasteiger partial charge in [0.1, 0.15) is 19.8 Å². The summed E-state index contributed by atoms with van der Waals surface area (Å²) < 4.78 is 505. The van der Waals surface area contributed by atoms with Crippen molar-refractivity contribution >= 4 is 0 Å². The van der Waals surface area contributed by atoms with Crippen molar-refractivity contribution in [3.8, 4) is 0 Å². The van der Waals surface area contributed by atoms with Gasteiger partial charge >= 0.3 is 114 Å². The fourth-order valence-electron chi connectivity index (χ4n) is 4.17. The third-order valence-corrected chi connectivity index (χ3v) is 8.28. The highest BCUT2D eigenvalue weighted by atomic mass is 19.4. The molecule has 0 fully saturated rings. The molecular weight excluding hydrogens is 1070 g/mol. The van der Waals surface area contributed by atoms with E-state index in [1.807, 2.05) is 0 Å². The number of alkyl halides is 36. The summed E-state index contributed by atoms with van der Waals surface area (Å²) in [5.74, 6) is -131. The Morgan fingerprint density at radius 2 is 0.478 bits per heavy atom. The molecule has 0 unspecified atom stereocenters. The van der Waals surface area contributed by atoms with E-state index < -0.39 is 152 Å². The standard InChI is InChI=1S/C28H14F36O3/c29-10(30)16(41,42)23(53,54)26(59,60)20(47,48)13(35,36)6-65-19(9-4-2-1-3-5-9,66-7-14(37,38)21(49,50)27(61,62)24(55,56)17(43,44)11(31)32)67-8-15(39,40)22(51,52)28(63,64)25(57,58)18(45,46)12(33)34/h1-5,10-12H,6-8H2. The topological polar surface area (TPSA) is 27.7 Å². The molecule has 0 aliphatic carbocycles. The molecule has 39 heteroatoms. The molecule has 0 saturated heterocycles. The number of hydrogen-bond donors (Lipinski definition) is 0. The Kier molecular flexibility index (Phi) is 16.3. The zero-order valence-corrected chi connectivity index (χ0v) is 30.1. The van der Waals surface area contributed by atoms with Crippen molar-refractivity contribution in [2.45, 2.75) is 114 Å². The highest BCUT2D eigenvalue weighted by Crippen LogP contribution is 2.62. The first kappa shape index (κ1) is 61.6. The first-order chi connectivity index (χ1) is 29.1. The van der Waals surface area contributed by atoms with Gasteiger partial charge in [0.05, 0.1) is 0 Å². The number of halogens is 36. The van der Waals surface area contributed by atoms with E-state index in [-0.39, 0.29) is 12.1 Å². The van der Waals surface area contributed by atoms with Gasteiger partial charge in [-0.25, -0.2) is 26.3 Å². The van der Waals surface area contributed by atoms with Gasteiger partial charge in [-0.15, -0.1) is 0 Å². The van der Waals surface area contributed by atoms with E-state index in [2.05, 4.69) is 14.2 Å². The van der Waals surface area contributed by atoms with Crippen molar-refractivity contribution in [1.29, 1.82) is 0 Å². The summed E-state index contributed by atoms with van der Waals surface area (Å²) in [5, 5.41) is 0. The number of hydrogen-bond acceptors (Lipinski definition) is 3. The quantitative estimate of drug-likeness (QED) is 0.0721. The van der Waals surface area contributed by atoms with Crippen LogP contribution in [0, 0.1) is 0 Å². The number of rotatable bonds is 25. The molecule has 0 aromatic heterocycles. The molecule has 0 radical (unpaired) electrons. The van der Waals surface area contributed by atoms with Gasteiger partial charge in [-0.1, -0.05) is 30.3 Å². The molecule has 67 heavy (non-hydrogen) atoms. The molecule has 0 spiro atoms. The van der Waals surface area contributed by atoms with Crippen molar-refractivity contribution in [2.75, 3.05) is 19.8 Å². The van der Waals surface area contributed by atoms with Crippen LogP contribution in [0.1, 0.15) is 5.56 Å². The molecule has 0 atom stereocenters. The van der Waals surface area contributed by atoms with E-state index in [9.17, 15) is 158 Å². The molecule has 396 valence electrons. The van der Waals surface area contributed by atoms with Crippen LogP contribution in [0.3, 0.4) is 0 Å². The van der Waals surface area contributed by atoms with Crippen LogP contribution in [-0.4, -0.2) is 128 Å². The van der Waals surface area contributed by atoms with Gasteiger partial charge in [0.25, 0.3) is 0 Å². The van der Waals surface area contributed by atoms with E-state index in [0.717, 1.165) is 0 Å². The molecule has 0 bridgehead atoms. The van der Waals surface area contributed by atoms with E-state index >= 15 is 0 Å².